The zero-order valence-corrected chi connectivity index (χ0v) is 18.0. The van der Waals surface area contributed by atoms with Crippen LogP contribution in [0.3, 0.4) is 0 Å². The van der Waals surface area contributed by atoms with Crippen molar-refractivity contribution in [1.29, 1.82) is 0 Å². The van der Waals surface area contributed by atoms with Crippen LogP contribution in [-0.2, 0) is 11.3 Å². The normalized spacial score (nSPS) is 12.6. The van der Waals surface area contributed by atoms with Crippen LogP contribution < -0.4 is 0 Å². The van der Waals surface area contributed by atoms with Gasteiger partial charge in [-0.05, 0) is 52.0 Å². The number of imidazole rings is 1. The largest absolute Gasteiger partial charge is 0.444 e. The topological polar surface area (TPSA) is 47.4 Å². The molecule has 28 heavy (non-hydrogen) atoms. The molecule has 1 atom stereocenters. The Bertz CT molecular complexity index is 719. The van der Waals surface area contributed by atoms with Gasteiger partial charge in [0.2, 0.25) is 0 Å². The highest BCUT2D eigenvalue weighted by molar-refractivity contribution is 5.68. The van der Waals surface area contributed by atoms with Gasteiger partial charge in [-0.1, -0.05) is 43.7 Å². The predicted molar refractivity (Wildman–Crippen MR) is 114 cm³/mol. The second kappa shape index (κ2) is 10.3. The molecular weight excluding hydrogens is 350 g/mol. The van der Waals surface area contributed by atoms with Crippen molar-refractivity contribution in [2.75, 3.05) is 13.1 Å². The third-order valence-corrected chi connectivity index (χ3v) is 4.89. The molecule has 2 aromatic rings. The van der Waals surface area contributed by atoms with Gasteiger partial charge in [0.15, 0.2) is 0 Å². The van der Waals surface area contributed by atoms with Crippen molar-refractivity contribution in [1.82, 2.24) is 14.5 Å². The van der Waals surface area contributed by atoms with Gasteiger partial charge in [0, 0.05) is 19.6 Å². The van der Waals surface area contributed by atoms with Crippen LogP contribution in [0.4, 0.5) is 4.79 Å². The first-order valence-electron chi connectivity index (χ1n) is 10.4. The molecule has 1 unspecified atom stereocenters. The third kappa shape index (κ3) is 6.70. The van der Waals surface area contributed by atoms with Gasteiger partial charge in [-0.3, -0.25) is 0 Å². The van der Waals surface area contributed by atoms with Crippen molar-refractivity contribution in [3.63, 3.8) is 0 Å². The zero-order valence-electron chi connectivity index (χ0n) is 18.0. The molecule has 0 bridgehead atoms. The van der Waals surface area contributed by atoms with E-state index in [1.54, 1.807) is 4.90 Å². The Morgan fingerprint density at radius 3 is 2.54 bits per heavy atom. The predicted octanol–water partition coefficient (Wildman–Crippen LogP) is 5.61. The summed E-state index contributed by atoms with van der Waals surface area (Å²) in [5.41, 5.74) is 1.89. The number of benzene rings is 1. The molecule has 1 aromatic heterocycles. The van der Waals surface area contributed by atoms with E-state index in [-0.39, 0.29) is 6.09 Å². The molecule has 1 aromatic carbocycles. The standard InChI is InChI=1S/C23H35N3O2/c1-6-19(12-11-15-25(7-2)22(27)28-23(3,4)5)17-26-18-24-16-21(26)20-13-9-8-10-14-20/h8-10,13-14,16,18-19H,6-7,11-12,15,17H2,1-5H3. The lowest BCUT2D eigenvalue weighted by Crippen LogP contribution is -2.37. The van der Waals surface area contributed by atoms with Crippen molar-refractivity contribution >= 4 is 6.09 Å². The van der Waals surface area contributed by atoms with Crippen LogP contribution in [0.1, 0.15) is 53.9 Å². The lowest BCUT2D eigenvalue weighted by molar-refractivity contribution is 0.0255. The quantitative estimate of drug-likeness (QED) is 0.563. The zero-order chi connectivity index (χ0) is 20.6. The first-order valence-corrected chi connectivity index (χ1v) is 10.4. The van der Waals surface area contributed by atoms with Crippen molar-refractivity contribution in [3.05, 3.63) is 42.9 Å². The van der Waals surface area contributed by atoms with Gasteiger partial charge in [0.05, 0.1) is 18.2 Å². The minimum atomic E-state index is -0.453. The van der Waals surface area contributed by atoms with E-state index in [0.717, 1.165) is 38.0 Å². The first-order chi connectivity index (χ1) is 13.3. The molecule has 0 aliphatic rings. The van der Waals surface area contributed by atoms with Gasteiger partial charge in [-0.15, -0.1) is 0 Å². The summed E-state index contributed by atoms with van der Waals surface area (Å²) in [4.78, 5) is 18.4. The Labute approximate surface area is 169 Å². The van der Waals surface area contributed by atoms with Gasteiger partial charge in [-0.2, -0.15) is 0 Å². The molecule has 0 aliphatic carbocycles. The summed E-state index contributed by atoms with van der Waals surface area (Å²) >= 11 is 0. The van der Waals surface area contributed by atoms with E-state index in [2.05, 4.69) is 40.7 Å². The van der Waals surface area contributed by atoms with Crippen molar-refractivity contribution in [2.45, 2.75) is 66.0 Å². The van der Waals surface area contributed by atoms with Crippen LogP contribution in [0.2, 0.25) is 0 Å². The van der Waals surface area contributed by atoms with Crippen LogP contribution in [0, 0.1) is 5.92 Å². The number of amides is 1. The molecule has 0 spiro atoms. The fraction of sp³-hybridized carbons (Fsp3) is 0.565. The lowest BCUT2D eigenvalue weighted by atomic mass is 9.99. The molecule has 2 rings (SSSR count). The van der Waals surface area contributed by atoms with E-state index >= 15 is 0 Å². The molecule has 5 nitrogen and oxygen atoms in total. The maximum atomic E-state index is 12.3. The summed E-state index contributed by atoms with van der Waals surface area (Å²) in [6.07, 6.45) is 6.78. The van der Waals surface area contributed by atoms with Crippen LogP contribution in [0.25, 0.3) is 11.3 Å². The summed E-state index contributed by atoms with van der Waals surface area (Å²) < 4.78 is 7.74. The molecule has 0 radical (unpaired) electrons. The van der Waals surface area contributed by atoms with Crippen molar-refractivity contribution in [2.24, 2.45) is 5.92 Å². The summed E-state index contributed by atoms with van der Waals surface area (Å²) in [5, 5.41) is 0. The number of hydrogen-bond acceptors (Lipinski definition) is 3. The molecule has 1 heterocycles. The highest BCUT2D eigenvalue weighted by Crippen LogP contribution is 2.22. The third-order valence-electron chi connectivity index (χ3n) is 4.89. The molecule has 154 valence electrons. The van der Waals surface area contributed by atoms with E-state index in [4.69, 9.17) is 4.74 Å². The molecule has 0 aliphatic heterocycles. The summed E-state index contributed by atoms with van der Waals surface area (Å²) in [5.74, 6) is 0.550. The average molecular weight is 386 g/mol. The van der Waals surface area contributed by atoms with Crippen LogP contribution in [-0.4, -0.2) is 39.2 Å². The number of ether oxygens (including phenoxy) is 1. The average Bonchev–Trinajstić information content (AvgIpc) is 3.11. The molecule has 0 saturated carbocycles. The fourth-order valence-electron chi connectivity index (χ4n) is 3.29. The molecular formula is C23H35N3O2. The molecule has 0 fully saturated rings. The van der Waals surface area contributed by atoms with E-state index in [1.165, 1.54) is 5.56 Å². The van der Waals surface area contributed by atoms with Gasteiger partial charge >= 0.3 is 6.09 Å². The highest BCUT2D eigenvalue weighted by Gasteiger charge is 2.21. The molecule has 1 amide bonds. The first kappa shape index (κ1) is 22.0. The van der Waals surface area contributed by atoms with Gasteiger partial charge in [0.1, 0.15) is 5.60 Å². The Balaban J connectivity index is 1.90. The number of hydrogen-bond donors (Lipinski definition) is 0. The number of carbonyl (C=O) groups is 1. The minimum Gasteiger partial charge on any atom is -0.444 e. The molecule has 0 saturated heterocycles. The highest BCUT2D eigenvalue weighted by atomic mass is 16.6. The maximum Gasteiger partial charge on any atom is 0.410 e. The van der Waals surface area contributed by atoms with Gasteiger partial charge in [-0.25, -0.2) is 9.78 Å². The number of carbonyl (C=O) groups excluding carboxylic acids is 1. The van der Waals surface area contributed by atoms with Gasteiger partial charge < -0.3 is 14.2 Å². The Morgan fingerprint density at radius 1 is 1.21 bits per heavy atom. The summed E-state index contributed by atoms with van der Waals surface area (Å²) in [7, 11) is 0. The smallest absolute Gasteiger partial charge is 0.410 e. The van der Waals surface area contributed by atoms with Crippen LogP contribution in [0.5, 0.6) is 0 Å². The van der Waals surface area contributed by atoms with E-state index in [9.17, 15) is 4.79 Å². The monoisotopic (exact) mass is 385 g/mol. The lowest BCUT2D eigenvalue weighted by Gasteiger charge is -2.27. The van der Waals surface area contributed by atoms with E-state index in [1.807, 2.05) is 46.3 Å². The van der Waals surface area contributed by atoms with Crippen molar-refractivity contribution < 1.29 is 9.53 Å². The number of rotatable bonds is 9. The number of nitrogens with zero attached hydrogens (tertiary/aromatic N) is 3. The van der Waals surface area contributed by atoms with E-state index < -0.39 is 5.60 Å². The second-order valence-electron chi connectivity index (χ2n) is 8.27. The van der Waals surface area contributed by atoms with Crippen molar-refractivity contribution in [3.8, 4) is 11.3 Å². The summed E-state index contributed by atoms with van der Waals surface area (Å²) in [6, 6.07) is 10.4. The summed E-state index contributed by atoms with van der Waals surface area (Å²) in [6.45, 7) is 12.3. The minimum absolute atomic E-state index is 0.218. The fourth-order valence-corrected chi connectivity index (χ4v) is 3.29. The molecule has 0 N–H and O–H groups in total. The van der Waals surface area contributed by atoms with Gasteiger partial charge in [0.25, 0.3) is 0 Å². The van der Waals surface area contributed by atoms with E-state index in [0.29, 0.717) is 12.5 Å². The van der Waals surface area contributed by atoms with Crippen LogP contribution in [0.15, 0.2) is 42.9 Å². The maximum absolute atomic E-state index is 12.3. The Hall–Kier alpha value is -2.30. The van der Waals surface area contributed by atoms with Crippen LogP contribution >= 0.6 is 0 Å². The Morgan fingerprint density at radius 2 is 1.93 bits per heavy atom. The molecule has 5 heteroatoms. The second-order valence-corrected chi connectivity index (χ2v) is 8.27. The Kier molecular flexibility index (Phi) is 8.09. The number of aromatic nitrogens is 2. The SMILES string of the molecule is CCC(CCCN(CC)C(=O)OC(C)(C)C)Cn1cncc1-c1ccccc1.